The van der Waals surface area contributed by atoms with Crippen molar-refractivity contribution in [1.82, 2.24) is 0 Å². The van der Waals surface area contributed by atoms with Crippen molar-refractivity contribution >= 4 is 23.2 Å². The second-order valence-corrected chi connectivity index (χ2v) is 7.05. The van der Waals surface area contributed by atoms with E-state index >= 15 is 0 Å². The van der Waals surface area contributed by atoms with Crippen LogP contribution in [0.4, 0.5) is 11.4 Å². The van der Waals surface area contributed by atoms with Crippen molar-refractivity contribution in [1.29, 1.82) is 0 Å². The molecule has 0 radical (unpaired) electrons. The summed E-state index contributed by atoms with van der Waals surface area (Å²) >= 11 is 0. The molecule has 0 aliphatic heterocycles. The Balaban J connectivity index is 1.98. The zero-order valence-corrected chi connectivity index (χ0v) is 16.0. The van der Waals surface area contributed by atoms with Crippen LogP contribution >= 0.6 is 0 Å². The van der Waals surface area contributed by atoms with Gasteiger partial charge in [0.05, 0.1) is 6.54 Å². The van der Waals surface area contributed by atoms with Crippen molar-refractivity contribution in [2.45, 2.75) is 40.7 Å². The number of hydrogen-bond acceptors (Lipinski definition) is 2. The first-order valence-electron chi connectivity index (χ1n) is 8.86. The highest BCUT2D eigenvalue weighted by molar-refractivity contribution is 5.92. The van der Waals surface area contributed by atoms with Gasteiger partial charge in [-0.1, -0.05) is 32.0 Å². The normalized spacial score (nSPS) is 11.5. The lowest BCUT2D eigenvalue weighted by atomic mass is 10.1. The molecule has 2 aromatic carbocycles. The largest absolute Gasteiger partial charge is 0.370 e. The van der Waals surface area contributed by atoms with Gasteiger partial charge in [-0.15, -0.1) is 0 Å². The smallest absolute Gasteiger partial charge is 0.224 e. The molecule has 138 valence electrons. The maximum absolute atomic E-state index is 11.9. The van der Waals surface area contributed by atoms with Crippen molar-refractivity contribution < 1.29 is 4.79 Å². The minimum Gasteiger partial charge on any atom is -0.370 e. The lowest BCUT2D eigenvalue weighted by molar-refractivity contribution is -0.116. The fraction of sp³-hybridized carbons (Fsp3) is 0.333. The first-order valence-corrected chi connectivity index (χ1v) is 8.86. The SMILES string of the molecule is Cc1cc(C)cc(NC(N)=NCc2cccc(NC(=O)CC(C)C)c2)c1. The third-order valence-corrected chi connectivity index (χ3v) is 3.73. The lowest BCUT2D eigenvalue weighted by Crippen LogP contribution is -2.22. The van der Waals surface area contributed by atoms with Crippen LogP contribution in [-0.4, -0.2) is 11.9 Å². The van der Waals surface area contributed by atoms with Crippen molar-refractivity contribution in [3.05, 3.63) is 59.2 Å². The van der Waals surface area contributed by atoms with Crippen LogP contribution in [0.25, 0.3) is 0 Å². The summed E-state index contributed by atoms with van der Waals surface area (Å²) < 4.78 is 0. The Hall–Kier alpha value is -2.82. The van der Waals surface area contributed by atoms with Gasteiger partial charge in [0.1, 0.15) is 0 Å². The molecule has 0 aliphatic carbocycles. The molecule has 0 saturated carbocycles. The van der Waals surface area contributed by atoms with Crippen molar-refractivity contribution in [3.63, 3.8) is 0 Å². The standard InChI is InChI=1S/C21H28N4O/c1-14(2)8-20(26)24-18-7-5-6-17(12-18)13-23-21(22)25-19-10-15(3)9-16(4)11-19/h5-7,9-12,14H,8,13H2,1-4H3,(H,24,26)(H3,22,23,25). The number of nitrogens with zero attached hydrogens (tertiary/aromatic N) is 1. The predicted molar refractivity (Wildman–Crippen MR) is 109 cm³/mol. The molecule has 0 unspecified atom stereocenters. The number of anilines is 2. The van der Waals surface area contributed by atoms with E-state index in [0.717, 1.165) is 16.9 Å². The fourth-order valence-electron chi connectivity index (χ4n) is 2.74. The number of hydrogen-bond donors (Lipinski definition) is 3. The molecule has 0 aliphatic rings. The van der Waals surface area contributed by atoms with Crippen LogP contribution in [0, 0.1) is 19.8 Å². The Kier molecular flexibility index (Phi) is 6.78. The second-order valence-electron chi connectivity index (χ2n) is 7.05. The van der Waals surface area contributed by atoms with Crippen molar-refractivity contribution in [2.24, 2.45) is 16.6 Å². The Labute approximate surface area is 155 Å². The van der Waals surface area contributed by atoms with E-state index in [9.17, 15) is 4.79 Å². The Morgan fingerprint density at radius 2 is 1.73 bits per heavy atom. The molecule has 0 bridgehead atoms. The molecular formula is C21H28N4O. The summed E-state index contributed by atoms with van der Waals surface area (Å²) in [5.41, 5.74) is 11.0. The topological polar surface area (TPSA) is 79.5 Å². The molecule has 2 rings (SSSR count). The van der Waals surface area contributed by atoms with Crippen molar-refractivity contribution in [2.75, 3.05) is 10.6 Å². The van der Waals surface area contributed by atoms with Crippen LogP contribution < -0.4 is 16.4 Å². The number of nitrogens with one attached hydrogen (secondary N) is 2. The molecular weight excluding hydrogens is 324 g/mol. The summed E-state index contributed by atoms with van der Waals surface area (Å²) in [4.78, 5) is 16.3. The monoisotopic (exact) mass is 352 g/mol. The summed E-state index contributed by atoms with van der Waals surface area (Å²) in [6.07, 6.45) is 0.509. The van der Waals surface area contributed by atoms with E-state index in [4.69, 9.17) is 5.73 Å². The summed E-state index contributed by atoms with van der Waals surface area (Å²) in [5, 5.41) is 6.04. The van der Waals surface area contributed by atoms with E-state index in [-0.39, 0.29) is 5.91 Å². The van der Waals surface area contributed by atoms with Gasteiger partial charge >= 0.3 is 0 Å². The van der Waals surface area contributed by atoms with Gasteiger partial charge in [-0.05, 0) is 60.7 Å². The first-order chi connectivity index (χ1) is 12.3. The van der Waals surface area contributed by atoms with E-state index in [1.54, 1.807) is 0 Å². The van der Waals surface area contributed by atoms with Crippen LogP contribution in [0.15, 0.2) is 47.5 Å². The number of guanidine groups is 1. The molecule has 0 aromatic heterocycles. The summed E-state index contributed by atoms with van der Waals surface area (Å²) in [6.45, 7) is 8.58. The third kappa shape index (κ3) is 6.59. The summed E-state index contributed by atoms with van der Waals surface area (Å²) in [7, 11) is 0. The van der Waals surface area contributed by atoms with E-state index < -0.39 is 0 Å². The van der Waals surface area contributed by atoms with Gasteiger partial charge in [0.15, 0.2) is 5.96 Å². The van der Waals surface area contributed by atoms with Gasteiger partial charge in [0.2, 0.25) is 5.91 Å². The molecule has 1 amide bonds. The molecule has 0 saturated heterocycles. The van der Waals surface area contributed by atoms with Crippen LogP contribution in [-0.2, 0) is 11.3 Å². The molecule has 0 fully saturated rings. The highest BCUT2D eigenvalue weighted by atomic mass is 16.1. The number of amides is 1. The first kappa shape index (κ1) is 19.5. The lowest BCUT2D eigenvalue weighted by Gasteiger charge is -2.09. The molecule has 4 N–H and O–H groups in total. The number of aliphatic imine (C=N–C) groups is 1. The zero-order valence-electron chi connectivity index (χ0n) is 16.0. The third-order valence-electron chi connectivity index (χ3n) is 3.73. The number of aryl methyl sites for hydroxylation is 2. The van der Waals surface area contributed by atoms with Gasteiger partial charge < -0.3 is 16.4 Å². The van der Waals surface area contributed by atoms with Gasteiger partial charge in [-0.3, -0.25) is 4.79 Å². The van der Waals surface area contributed by atoms with E-state index in [1.807, 2.05) is 64.1 Å². The Morgan fingerprint density at radius 1 is 1.04 bits per heavy atom. The Morgan fingerprint density at radius 3 is 2.38 bits per heavy atom. The second kappa shape index (κ2) is 9.04. The maximum atomic E-state index is 11.9. The number of carbonyl (C=O) groups is 1. The minimum absolute atomic E-state index is 0.0247. The molecule has 5 heteroatoms. The van der Waals surface area contributed by atoms with Crippen LogP contribution in [0.3, 0.4) is 0 Å². The molecule has 5 nitrogen and oxygen atoms in total. The van der Waals surface area contributed by atoms with Gasteiger partial charge in [0.25, 0.3) is 0 Å². The quantitative estimate of drug-likeness (QED) is 0.538. The van der Waals surface area contributed by atoms with Gasteiger partial charge in [-0.25, -0.2) is 4.99 Å². The molecule has 26 heavy (non-hydrogen) atoms. The van der Waals surface area contributed by atoms with E-state index in [1.165, 1.54) is 11.1 Å². The summed E-state index contributed by atoms with van der Waals surface area (Å²) in [6, 6.07) is 13.8. The fourth-order valence-corrected chi connectivity index (χ4v) is 2.74. The number of benzene rings is 2. The van der Waals surface area contributed by atoms with Gasteiger partial charge in [0, 0.05) is 17.8 Å². The molecule has 0 atom stereocenters. The number of rotatable bonds is 6. The molecule has 0 heterocycles. The predicted octanol–water partition coefficient (Wildman–Crippen LogP) is 4.21. The highest BCUT2D eigenvalue weighted by Gasteiger charge is 2.05. The van der Waals surface area contributed by atoms with E-state index in [2.05, 4.69) is 21.7 Å². The minimum atomic E-state index is 0.0247. The molecule has 2 aromatic rings. The van der Waals surface area contributed by atoms with Crippen LogP contribution in [0.1, 0.15) is 37.0 Å². The average Bonchev–Trinajstić information content (AvgIpc) is 2.51. The highest BCUT2D eigenvalue weighted by Crippen LogP contribution is 2.15. The molecule has 0 spiro atoms. The summed E-state index contributed by atoms with van der Waals surface area (Å²) in [5.74, 6) is 0.722. The number of nitrogens with two attached hydrogens (primary N) is 1. The van der Waals surface area contributed by atoms with Crippen molar-refractivity contribution in [3.8, 4) is 0 Å². The van der Waals surface area contributed by atoms with Crippen LogP contribution in [0.2, 0.25) is 0 Å². The van der Waals surface area contributed by atoms with Gasteiger partial charge in [-0.2, -0.15) is 0 Å². The van der Waals surface area contributed by atoms with E-state index in [0.29, 0.717) is 24.8 Å². The number of carbonyl (C=O) groups excluding carboxylic acids is 1. The zero-order chi connectivity index (χ0) is 19.1. The van der Waals surface area contributed by atoms with Crippen LogP contribution in [0.5, 0.6) is 0 Å². The maximum Gasteiger partial charge on any atom is 0.224 e. The Bertz CT molecular complexity index is 776. The average molecular weight is 352 g/mol.